The van der Waals surface area contributed by atoms with Gasteiger partial charge in [0.05, 0.1) is 7.11 Å². The van der Waals surface area contributed by atoms with Gasteiger partial charge in [-0.25, -0.2) is 0 Å². The molecule has 0 radical (unpaired) electrons. The predicted molar refractivity (Wildman–Crippen MR) is 69.4 cm³/mol. The fourth-order valence-electron chi connectivity index (χ4n) is 1.79. The Bertz CT molecular complexity index is 487. The smallest absolute Gasteiger partial charge is 0.322 e. The zero-order valence-electron chi connectivity index (χ0n) is 11.2. The van der Waals surface area contributed by atoms with Crippen molar-refractivity contribution in [2.24, 2.45) is 0 Å². The number of nitriles is 1. The summed E-state index contributed by atoms with van der Waals surface area (Å²) in [7, 11) is 1.62. The highest BCUT2D eigenvalue weighted by atomic mass is 16.5. The number of hydrogen-bond acceptors (Lipinski definition) is 3. The molecular formula is C14H18N2O2. The molecule has 4 nitrogen and oxygen atoms in total. The third-order valence-corrected chi connectivity index (χ3v) is 2.88. The third-order valence-electron chi connectivity index (χ3n) is 2.88. The highest BCUT2D eigenvalue weighted by molar-refractivity contribution is 5.91. The largest absolute Gasteiger partial charge is 0.496 e. The van der Waals surface area contributed by atoms with Crippen LogP contribution in [0.1, 0.15) is 25.0 Å². The Hall–Kier alpha value is -2.02. The van der Waals surface area contributed by atoms with Crippen LogP contribution in [-0.4, -0.2) is 19.6 Å². The maximum Gasteiger partial charge on any atom is 0.322 e. The van der Waals surface area contributed by atoms with E-state index in [1.54, 1.807) is 13.2 Å². The van der Waals surface area contributed by atoms with Crippen LogP contribution in [0, 0.1) is 18.3 Å². The SMILES string of the molecule is COc1ccc(C)cc1C(C)(C)CNC(=O)C#N. The number of rotatable bonds is 4. The second-order valence-electron chi connectivity index (χ2n) is 4.88. The van der Waals surface area contributed by atoms with Crippen molar-refractivity contribution in [3.05, 3.63) is 29.3 Å². The monoisotopic (exact) mass is 246 g/mol. The highest BCUT2D eigenvalue weighted by Gasteiger charge is 2.25. The van der Waals surface area contributed by atoms with Crippen LogP contribution in [0.3, 0.4) is 0 Å². The van der Waals surface area contributed by atoms with Crippen molar-refractivity contribution in [3.63, 3.8) is 0 Å². The van der Waals surface area contributed by atoms with Gasteiger partial charge in [0.15, 0.2) is 6.07 Å². The number of amides is 1. The number of methoxy groups -OCH3 is 1. The summed E-state index contributed by atoms with van der Waals surface area (Å²) in [6.07, 6.45) is 0. The molecule has 0 atom stereocenters. The number of aryl methyl sites for hydroxylation is 1. The van der Waals surface area contributed by atoms with Gasteiger partial charge < -0.3 is 10.1 Å². The molecular weight excluding hydrogens is 228 g/mol. The number of nitrogens with one attached hydrogen (secondary N) is 1. The first-order chi connectivity index (χ1) is 8.40. The molecule has 0 bridgehead atoms. The molecule has 0 unspecified atom stereocenters. The van der Waals surface area contributed by atoms with E-state index >= 15 is 0 Å². The average Bonchev–Trinajstić information content (AvgIpc) is 2.36. The topological polar surface area (TPSA) is 62.1 Å². The molecule has 96 valence electrons. The minimum atomic E-state index is -0.616. The maximum atomic E-state index is 11.0. The minimum Gasteiger partial charge on any atom is -0.496 e. The van der Waals surface area contributed by atoms with Crippen LogP contribution < -0.4 is 10.1 Å². The summed E-state index contributed by atoms with van der Waals surface area (Å²) in [6.45, 7) is 6.40. The maximum absolute atomic E-state index is 11.0. The average molecular weight is 246 g/mol. The van der Waals surface area contributed by atoms with Gasteiger partial charge in [0.25, 0.3) is 0 Å². The number of hydrogen-bond donors (Lipinski definition) is 1. The van der Waals surface area contributed by atoms with Crippen LogP contribution in [0.4, 0.5) is 0 Å². The number of carbonyl (C=O) groups excluding carboxylic acids is 1. The first-order valence-corrected chi connectivity index (χ1v) is 5.74. The van der Waals surface area contributed by atoms with E-state index in [1.807, 2.05) is 39.0 Å². The van der Waals surface area contributed by atoms with Crippen LogP contribution in [0.5, 0.6) is 5.75 Å². The van der Waals surface area contributed by atoms with Crippen molar-refractivity contribution in [1.29, 1.82) is 5.26 Å². The minimum absolute atomic E-state index is 0.302. The van der Waals surface area contributed by atoms with E-state index in [4.69, 9.17) is 10.00 Å². The Balaban J connectivity index is 3.00. The molecule has 4 heteroatoms. The van der Waals surface area contributed by atoms with Crippen molar-refractivity contribution in [3.8, 4) is 11.8 Å². The molecule has 1 aromatic carbocycles. The quantitative estimate of drug-likeness (QED) is 0.826. The first kappa shape index (κ1) is 14.0. The molecule has 0 heterocycles. The third kappa shape index (κ3) is 3.24. The molecule has 1 amide bonds. The van der Waals surface area contributed by atoms with Gasteiger partial charge in [-0.3, -0.25) is 4.79 Å². The van der Waals surface area contributed by atoms with Crippen LogP contribution in [0.2, 0.25) is 0 Å². The summed E-state index contributed by atoms with van der Waals surface area (Å²) < 4.78 is 5.34. The Morgan fingerprint density at radius 3 is 2.72 bits per heavy atom. The molecule has 0 fully saturated rings. The number of carbonyl (C=O) groups is 1. The molecule has 1 aromatic rings. The zero-order valence-corrected chi connectivity index (χ0v) is 11.2. The number of ether oxygens (including phenoxy) is 1. The van der Waals surface area contributed by atoms with Crippen molar-refractivity contribution in [2.45, 2.75) is 26.2 Å². The molecule has 0 saturated carbocycles. The molecule has 0 spiro atoms. The van der Waals surface area contributed by atoms with Gasteiger partial charge >= 0.3 is 5.91 Å². The lowest BCUT2D eigenvalue weighted by Crippen LogP contribution is -2.36. The molecule has 1 rings (SSSR count). The molecule has 0 aromatic heterocycles. The van der Waals surface area contributed by atoms with Crippen LogP contribution in [0.15, 0.2) is 18.2 Å². The van der Waals surface area contributed by atoms with Crippen LogP contribution >= 0.6 is 0 Å². The van der Waals surface area contributed by atoms with E-state index in [-0.39, 0.29) is 5.41 Å². The first-order valence-electron chi connectivity index (χ1n) is 5.74. The zero-order chi connectivity index (χ0) is 13.8. The lowest BCUT2D eigenvalue weighted by Gasteiger charge is -2.27. The Morgan fingerprint density at radius 1 is 1.50 bits per heavy atom. The lowest BCUT2D eigenvalue weighted by molar-refractivity contribution is -0.116. The predicted octanol–water partition coefficient (Wildman–Crippen LogP) is 1.92. The molecule has 1 N–H and O–H groups in total. The van der Waals surface area contributed by atoms with E-state index in [0.717, 1.165) is 16.9 Å². The van der Waals surface area contributed by atoms with Gasteiger partial charge in [-0.15, -0.1) is 0 Å². The van der Waals surface area contributed by atoms with E-state index < -0.39 is 5.91 Å². The van der Waals surface area contributed by atoms with Gasteiger partial charge in [0.1, 0.15) is 5.75 Å². The highest BCUT2D eigenvalue weighted by Crippen LogP contribution is 2.31. The van der Waals surface area contributed by atoms with Crippen molar-refractivity contribution >= 4 is 5.91 Å². The molecule has 0 aliphatic carbocycles. The van der Waals surface area contributed by atoms with Crippen LogP contribution in [-0.2, 0) is 10.2 Å². The van der Waals surface area contributed by atoms with Gasteiger partial charge in [0.2, 0.25) is 0 Å². The fourth-order valence-corrected chi connectivity index (χ4v) is 1.79. The second-order valence-corrected chi connectivity index (χ2v) is 4.88. The normalized spacial score (nSPS) is 10.6. The Kier molecular flexibility index (Phi) is 4.33. The Morgan fingerprint density at radius 2 is 2.17 bits per heavy atom. The standard InChI is InChI=1S/C14H18N2O2/c1-10-5-6-12(18-4)11(7-10)14(2,3)9-16-13(17)8-15/h5-7H,9H2,1-4H3,(H,16,17). The van der Waals surface area contributed by atoms with Gasteiger partial charge in [0, 0.05) is 17.5 Å². The molecule has 18 heavy (non-hydrogen) atoms. The molecule has 0 aliphatic rings. The molecule has 0 saturated heterocycles. The summed E-state index contributed by atoms with van der Waals surface area (Å²) in [5.74, 6) is 0.173. The molecule has 0 aliphatic heterocycles. The van der Waals surface area contributed by atoms with E-state index in [2.05, 4.69) is 5.32 Å². The summed E-state index contributed by atoms with van der Waals surface area (Å²) in [6, 6.07) is 7.48. The summed E-state index contributed by atoms with van der Waals surface area (Å²) >= 11 is 0. The fraction of sp³-hybridized carbons (Fsp3) is 0.429. The van der Waals surface area contributed by atoms with Gasteiger partial charge in [-0.2, -0.15) is 5.26 Å². The van der Waals surface area contributed by atoms with Crippen molar-refractivity contribution in [2.75, 3.05) is 13.7 Å². The van der Waals surface area contributed by atoms with Crippen molar-refractivity contribution in [1.82, 2.24) is 5.32 Å². The number of benzene rings is 1. The van der Waals surface area contributed by atoms with Crippen LogP contribution in [0.25, 0.3) is 0 Å². The second kappa shape index (κ2) is 5.54. The van der Waals surface area contributed by atoms with E-state index in [9.17, 15) is 4.79 Å². The van der Waals surface area contributed by atoms with Crippen molar-refractivity contribution < 1.29 is 9.53 Å². The van der Waals surface area contributed by atoms with Gasteiger partial charge in [-0.05, 0) is 13.0 Å². The summed E-state index contributed by atoms with van der Waals surface area (Å²) in [5.41, 5.74) is 1.85. The lowest BCUT2D eigenvalue weighted by atomic mass is 9.83. The summed E-state index contributed by atoms with van der Waals surface area (Å²) in [4.78, 5) is 11.0. The van der Waals surface area contributed by atoms with E-state index in [1.165, 1.54) is 0 Å². The summed E-state index contributed by atoms with van der Waals surface area (Å²) in [5, 5.41) is 11.0. The Labute approximate surface area is 108 Å². The van der Waals surface area contributed by atoms with Gasteiger partial charge in [-0.1, -0.05) is 31.5 Å². The van der Waals surface area contributed by atoms with E-state index in [0.29, 0.717) is 6.54 Å². The number of nitrogens with zero attached hydrogens (tertiary/aromatic N) is 1.